The molecule has 1 aliphatic rings. The second kappa shape index (κ2) is 8.64. The van der Waals surface area contributed by atoms with Crippen molar-refractivity contribution in [3.8, 4) is 0 Å². The van der Waals surface area contributed by atoms with Gasteiger partial charge in [0, 0.05) is 11.6 Å². The first-order valence-electron chi connectivity index (χ1n) is 7.58. The lowest BCUT2D eigenvalue weighted by atomic mass is 9.84. The lowest BCUT2D eigenvalue weighted by Gasteiger charge is -2.31. The fraction of sp³-hybridized carbons (Fsp3) is 0.533. The molecule has 1 saturated carbocycles. The SMILES string of the molecule is CS(=O)(=O)Nc1cc(C(=O)NC2CCCCC2CN)ccc1F.Cl. The molecule has 24 heavy (non-hydrogen) atoms. The van der Waals surface area contributed by atoms with E-state index in [1.165, 1.54) is 12.1 Å². The number of carbonyl (C=O) groups is 1. The summed E-state index contributed by atoms with van der Waals surface area (Å²) in [5.41, 5.74) is 5.71. The zero-order valence-electron chi connectivity index (χ0n) is 13.4. The van der Waals surface area contributed by atoms with Crippen LogP contribution in [0.2, 0.25) is 0 Å². The summed E-state index contributed by atoms with van der Waals surface area (Å²) in [5, 5.41) is 2.93. The maximum absolute atomic E-state index is 13.7. The Morgan fingerprint density at radius 1 is 1.33 bits per heavy atom. The van der Waals surface area contributed by atoms with Crippen molar-refractivity contribution in [2.45, 2.75) is 31.7 Å². The second-order valence-corrected chi connectivity index (χ2v) is 7.68. The first kappa shape index (κ1) is 20.7. The average Bonchev–Trinajstić information content (AvgIpc) is 2.48. The van der Waals surface area contributed by atoms with Crippen molar-refractivity contribution in [1.29, 1.82) is 0 Å². The Labute approximate surface area is 147 Å². The van der Waals surface area contributed by atoms with Crippen molar-refractivity contribution in [2.24, 2.45) is 11.7 Å². The summed E-state index contributed by atoms with van der Waals surface area (Å²) in [7, 11) is -3.62. The van der Waals surface area contributed by atoms with Crippen LogP contribution in [0.5, 0.6) is 0 Å². The molecule has 1 aromatic rings. The van der Waals surface area contributed by atoms with Gasteiger partial charge in [-0.2, -0.15) is 0 Å². The summed E-state index contributed by atoms with van der Waals surface area (Å²) in [4.78, 5) is 12.4. The molecule has 1 aromatic carbocycles. The van der Waals surface area contributed by atoms with E-state index in [1.54, 1.807) is 0 Å². The highest BCUT2D eigenvalue weighted by Gasteiger charge is 2.26. The van der Waals surface area contributed by atoms with Crippen molar-refractivity contribution >= 4 is 34.0 Å². The molecule has 0 aliphatic heterocycles. The van der Waals surface area contributed by atoms with Gasteiger partial charge in [-0.05, 0) is 43.5 Å². The van der Waals surface area contributed by atoms with E-state index >= 15 is 0 Å². The quantitative estimate of drug-likeness (QED) is 0.726. The number of halogens is 2. The number of nitrogens with two attached hydrogens (primary N) is 1. The van der Waals surface area contributed by atoms with E-state index in [0.717, 1.165) is 38.0 Å². The van der Waals surface area contributed by atoms with Crippen LogP contribution in [0.3, 0.4) is 0 Å². The number of nitrogens with one attached hydrogen (secondary N) is 2. The second-order valence-electron chi connectivity index (χ2n) is 5.93. The Morgan fingerprint density at radius 3 is 2.62 bits per heavy atom. The highest BCUT2D eigenvalue weighted by Crippen LogP contribution is 2.24. The van der Waals surface area contributed by atoms with E-state index in [4.69, 9.17) is 5.73 Å². The molecule has 0 radical (unpaired) electrons. The third kappa shape index (κ3) is 5.61. The van der Waals surface area contributed by atoms with Gasteiger partial charge in [-0.1, -0.05) is 12.8 Å². The zero-order valence-corrected chi connectivity index (χ0v) is 15.1. The normalized spacial score (nSPS) is 20.8. The van der Waals surface area contributed by atoms with Crippen molar-refractivity contribution in [3.05, 3.63) is 29.6 Å². The summed E-state index contributed by atoms with van der Waals surface area (Å²) in [6.45, 7) is 0.509. The van der Waals surface area contributed by atoms with Crippen LogP contribution < -0.4 is 15.8 Å². The third-order valence-corrected chi connectivity index (χ3v) is 4.64. The summed E-state index contributed by atoms with van der Waals surface area (Å²) >= 11 is 0. The topological polar surface area (TPSA) is 101 Å². The van der Waals surface area contributed by atoms with Crippen LogP contribution in [0.4, 0.5) is 10.1 Å². The molecule has 0 bridgehead atoms. The molecule has 1 aliphatic carbocycles. The van der Waals surface area contributed by atoms with Crippen molar-refractivity contribution < 1.29 is 17.6 Å². The predicted molar refractivity (Wildman–Crippen MR) is 94.4 cm³/mol. The third-order valence-electron chi connectivity index (χ3n) is 4.05. The molecule has 2 unspecified atom stereocenters. The van der Waals surface area contributed by atoms with Crippen LogP contribution >= 0.6 is 12.4 Å². The number of anilines is 1. The van der Waals surface area contributed by atoms with Crippen molar-refractivity contribution in [2.75, 3.05) is 17.5 Å². The smallest absolute Gasteiger partial charge is 0.251 e. The Bertz CT molecular complexity index is 685. The van der Waals surface area contributed by atoms with E-state index < -0.39 is 15.8 Å². The lowest BCUT2D eigenvalue weighted by Crippen LogP contribution is -2.44. The molecular weight excluding hydrogens is 357 g/mol. The fourth-order valence-corrected chi connectivity index (χ4v) is 3.43. The van der Waals surface area contributed by atoms with Gasteiger partial charge in [0.15, 0.2) is 0 Å². The van der Waals surface area contributed by atoms with E-state index in [-0.39, 0.29) is 41.5 Å². The van der Waals surface area contributed by atoms with Gasteiger partial charge in [-0.3, -0.25) is 9.52 Å². The number of hydrogen-bond donors (Lipinski definition) is 3. The Balaban J connectivity index is 0.00000288. The van der Waals surface area contributed by atoms with Gasteiger partial charge >= 0.3 is 0 Å². The number of benzene rings is 1. The molecule has 0 saturated heterocycles. The molecule has 136 valence electrons. The number of rotatable bonds is 5. The summed E-state index contributed by atoms with van der Waals surface area (Å²) < 4.78 is 38.2. The summed E-state index contributed by atoms with van der Waals surface area (Å²) in [6.07, 6.45) is 4.90. The van der Waals surface area contributed by atoms with E-state index in [0.29, 0.717) is 6.54 Å². The molecule has 2 rings (SSSR count). The molecular formula is C15H23ClFN3O3S. The maximum atomic E-state index is 13.7. The minimum atomic E-state index is -3.62. The molecule has 6 nitrogen and oxygen atoms in total. The Kier molecular flexibility index (Phi) is 7.44. The van der Waals surface area contributed by atoms with Crippen LogP contribution in [0.25, 0.3) is 0 Å². The first-order valence-corrected chi connectivity index (χ1v) is 9.47. The molecule has 0 heterocycles. The number of amides is 1. The van der Waals surface area contributed by atoms with Gasteiger partial charge in [0.1, 0.15) is 5.82 Å². The van der Waals surface area contributed by atoms with Gasteiger partial charge in [-0.25, -0.2) is 12.8 Å². The van der Waals surface area contributed by atoms with Crippen LogP contribution in [-0.2, 0) is 10.0 Å². The molecule has 0 spiro atoms. The van der Waals surface area contributed by atoms with E-state index in [1.807, 2.05) is 0 Å². The van der Waals surface area contributed by atoms with Gasteiger partial charge in [0.25, 0.3) is 5.91 Å². The van der Waals surface area contributed by atoms with Crippen molar-refractivity contribution in [1.82, 2.24) is 5.32 Å². The summed E-state index contributed by atoms with van der Waals surface area (Å²) in [5.74, 6) is -0.849. The standard InChI is InChI=1S/C15H22FN3O3S.ClH/c1-23(21,22)19-14-8-10(6-7-12(14)16)15(20)18-13-5-3-2-4-11(13)9-17;/h6-8,11,13,19H,2-5,9,17H2,1H3,(H,18,20);1H. The molecule has 4 N–H and O–H groups in total. The highest BCUT2D eigenvalue weighted by molar-refractivity contribution is 7.92. The van der Waals surface area contributed by atoms with Crippen LogP contribution in [0.15, 0.2) is 18.2 Å². The maximum Gasteiger partial charge on any atom is 0.251 e. The lowest BCUT2D eigenvalue weighted by molar-refractivity contribution is 0.0908. The predicted octanol–water partition coefficient (Wildman–Crippen LogP) is 1.87. The van der Waals surface area contributed by atoms with Gasteiger partial charge in [0.2, 0.25) is 10.0 Å². The molecule has 9 heteroatoms. The van der Waals surface area contributed by atoms with Gasteiger partial charge < -0.3 is 11.1 Å². The van der Waals surface area contributed by atoms with Crippen LogP contribution in [0, 0.1) is 11.7 Å². The number of sulfonamides is 1. The molecule has 2 atom stereocenters. The highest BCUT2D eigenvalue weighted by atomic mass is 35.5. The van der Waals surface area contributed by atoms with Gasteiger partial charge in [-0.15, -0.1) is 12.4 Å². The van der Waals surface area contributed by atoms with Crippen LogP contribution in [-0.4, -0.2) is 33.2 Å². The monoisotopic (exact) mass is 379 g/mol. The summed E-state index contributed by atoms with van der Waals surface area (Å²) in [6, 6.07) is 3.60. The van der Waals surface area contributed by atoms with E-state index in [2.05, 4.69) is 10.0 Å². The minimum absolute atomic E-state index is 0. The fourth-order valence-electron chi connectivity index (χ4n) is 2.88. The Hall–Kier alpha value is -1.38. The number of hydrogen-bond acceptors (Lipinski definition) is 4. The Morgan fingerprint density at radius 2 is 2.00 bits per heavy atom. The molecule has 1 fully saturated rings. The van der Waals surface area contributed by atoms with Crippen LogP contribution in [0.1, 0.15) is 36.0 Å². The number of carbonyl (C=O) groups excluding carboxylic acids is 1. The average molecular weight is 380 g/mol. The molecule has 1 amide bonds. The molecule has 0 aromatic heterocycles. The minimum Gasteiger partial charge on any atom is -0.349 e. The van der Waals surface area contributed by atoms with Gasteiger partial charge in [0.05, 0.1) is 11.9 Å². The van der Waals surface area contributed by atoms with Crippen molar-refractivity contribution in [3.63, 3.8) is 0 Å². The first-order chi connectivity index (χ1) is 10.8. The largest absolute Gasteiger partial charge is 0.349 e. The van der Waals surface area contributed by atoms with E-state index in [9.17, 15) is 17.6 Å². The zero-order chi connectivity index (χ0) is 17.0.